The molecule has 0 fully saturated rings. The first-order valence-corrected chi connectivity index (χ1v) is 5.68. The first-order valence-electron chi connectivity index (χ1n) is 5.30. The maximum atomic E-state index is 13.0. The molecule has 2 rings (SSSR count). The number of anilines is 2. The average molecular weight is 282 g/mol. The molecule has 5 nitrogen and oxygen atoms in total. The van der Waals surface area contributed by atoms with Crippen LogP contribution in [0.5, 0.6) is 0 Å². The Hall–Kier alpha value is -2.21. The van der Waals surface area contributed by atoms with E-state index in [1.165, 1.54) is 30.5 Å². The molecule has 0 spiro atoms. The molecule has 1 aromatic carbocycles. The summed E-state index contributed by atoms with van der Waals surface area (Å²) in [4.78, 5) is 14.3. The quantitative estimate of drug-likeness (QED) is 0.685. The van der Waals surface area contributed by atoms with E-state index in [1.807, 2.05) is 0 Å². The number of aromatic nitrogens is 1. The molecule has 0 radical (unpaired) electrons. The van der Waals surface area contributed by atoms with Gasteiger partial charge in [-0.15, -0.1) is 0 Å². The lowest BCUT2D eigenvalue weighted by atomic mass is 10.2. The highest BCUT2D eigenvalue weighted by atomic mass is 35.5. The van der Waals surface area contributed by atoms with Gasteiger partial charge in [-0.3, -0.25) is 10.1 Å². The lowest BCUT2D eigenvalue weighted by Crippen LogP contribution is -2.00. The van der Waals surface area contributed by atoms with Crippen molar-refractivity contribution in [1.82, 2.24) is 4.98 Å². The smallest absolute Gasteiger partial charge is 0.311 e. The van der Waals surface area contributed by atoms with Crippen molar-refractivity contribution >= 4 is 28.8 Å². The number of pyridine rings is 1. The Labute approximate surface area is 113 Å². The summed E-state index contributed by atoms with van der Waals surface area (Å²) < 4.78 is 13.0. The summed E-state index contributed by atoms with van der Waals surface area (Å²) in [5.41, 5.74) is 0.945. The molecule has 2 aromatic rings. The van der Waals surface area contributed by atoms with Gasteiger partial charge in [-0.2, -0.15) is 0 Å². The van der Waals surface area contributed by atoms with Crippen molar-refractivity contribution in [2.45, 2.75) is 6.92 Å². The van der Waals surface area contributed by atoms with Gasteiger partial charge in [0.2, 0.25) is 5.82 Å². The molecule has 0 aliphatic carbocycles. The van der Waals surface area contributed by atoms with Crippen molar-refractivity contribution in [3.63, 3.8) is 0 Å². The fourth-order valence-corrected chi connectivity index (χ4v) is 1.68. The number of nitrogens with zero attached hydrogens (tertiary/aromatic N) is 2. The lowest BCUT2D eigenvalue weighted by molar-refractivity contribution is -0.384. The average Bonchev–Trinajstić information content (AvgIpc) is 2.36. The normalized spacial score (nSPS) is 10.3. The Bertz CT molecular complexity index is 649. The van der Waals surface area contributed by atoms with Gasteiger partial charge in [0.25, 0.3) is 0 Å². The summed E-state index contributed by atoms with van der Waals surface area (Å²) in [6.45, 7) is 1.71. The molecular weight excluding hydrogens is 273 g/mol. The molecule has 0 aliphatic rings. The maximum absolute atomic E-state index is 13.0. The Balaban J connectivity index is 2.37. The van der Waals surface area contributed by atoms with Crippen LogP contribution < -0.4 is 5.32 Å². The Morgan fingerprint density at radius 1 is 1.42 bits per heavy atom. The van der Waals surface area contributed by atoms with E-state index in [-0.39, 0.29) is 16.5 Å². The molecule has 0 saturated carbocycles. The molecule has 1 heterocycles. The second-order valence-corrected chi connectivity index (χ2v) is 4.30. The van der Waals surface area contributed by atoms with E-state index in [1.54, 1.807) is 6.92 Å². The first kappa shape index (κ1) is 13.2. The van der Waals surface area contributed by atoms with Gasteiger partial charge in [-0.1, -0.05) is 11.6 Å². The Morgan fingerprint density at radius 3 is 2.79 bits per heavy atom. The molecule has 0 amide bonds. The van der Waals surface area contributed by atoms with Crippen LogP contribution in [0.15, 0.2) is 30.5 Å². The van der Waals surface area contributed by atoms with Gasteiger partial charge in [0, 0.05) is 18.0 Å². The van der Waals surface area contributed by atoms with Crippen molar-refractivity contribution in [1.29, 1.82) is 0 Å². The highest BCUT2D eigenvalue weighted by Gasteiger charge is 2.15. The van der Waals surface area contributed by atoms with Crippen molar-refractivity contribution in [3.05, 3.63) is 57.0 Å². The van der Waals surface area contributed by atoms with Crippen LogP contribution in [0.2, 0.25) is 5.02 Å². The van der Waals surface area contributed by atoms with Crippen LogP contribution in [0.3, 0.4) is 0 Å². The van der Waals surface area contributed by atoms with Crippen LogP contribution >= 0.6 is 11.6 Å². The lowest BCUT2D eigenvalue weighted by Gasteiger charge is -2.07. The fraction of sp³-hybridized carbons (Fsp3) is 0.0833. The zero-order chi connectivity index (χ0) is 14.0. The van der Waals surface area contributed by atoms with Crippen molar-refractivity contribution in [3.8, 4) is 0 Å². The van der Waals surface area contributed by atoms with Crippen LogP contribution in [0.1, 0.15) is 5.56 Å². The second-order valence-electron chi connectivity index (χ2n) is 3.89. The summed E-state index contributed by atoms with van der Waals surface area (Å²) in [6, 6.07) is 5.33. The van der Waals surface area contributed by atoms with Crippen LogP contribution in [0.25, 0.3) is 0 Å². The van der Waals surface area contributed by atoms with Crippen LogP contribution in [-0.2, 0) is 0 Å². The summed E-state index contributed by atoms with van der Waals surface area (Å²) in [6.07, 6.45) is 1.50. The van der Waals surface area contributed by atoms with E-state index in [0.29, 0.717) is 11.3 Å². The highest BCUT2D eigenvalue weighted by Crippen LogP contribution is 2.27. The van der Waals surface area contributed by atoms with Crippen molar-refractivity contribution < 1.29 is 9.31 Å². The predicted octanol–water partition coefficient (Wildman–Crippen LogP) is 3.83. The van der Waals surface area contributed by atoms with Crippen molar-refractivity contribution in [2.24, 2.45) is 0 Å². The number of nitro groups is 1. The number of hydrogen-bond donors (Lipinski definition) is 1. The minimum Gasteiger partial charge on any atom is -0.334 e. The van der Waals surface area contributed by atoms with Crippen molar-refractivity contribution in [2.75, 3.05) is 5.32 Å². The topological polar surface area (TPSA) is 68.1 Å². The molecule has 0 aliphatic heterocycles. The molecule has 0 atom stereocenters. The zero-order valence-electron chi connectivity index (χ0n) is 9.85. The predicted molar refractivity (Wildman–Crippen MR) is 70.3 cm³/mol. The van der Waals surface area contributed by atoms with Crippen LogP contribution in [-0.4, -0.2) is 9.91 Å². The molecule has 0 unspecified atom stereocenters. The summed E-state index contributed by atoms with van der Waals surface area (Å²) in [5.74, 6) is -0.475. The molecule has 7 heteroatoms. The number of rotatable bonds is 3. The maximum Gasteiger partial charge on any atom is 0.311 e. The molecule has 1 N–H and O–H groups in total. The SMILES string of the molecule is Cc1cnc(Nc2ccc(F)c(Cl)c2)c([N+](=O)[O-])c1. The highest BCUT2D eigenvalue weighted by molar-refractivity contribution is 6.31. The van der Waals surface area contributed by atoms with E-state index >= 15 is 0 Å². The largest absolute Gasteiger partial charge is 0.334 e. The number of aryl methyl sites for hydroxylation is 1. The van der Waals surface area contributed by atoms with E-state index in [2.05, 4.69) is 10.3 Å². The first-order chi connectivity index (χ1) is 8.97. The molecule has 1 aromatic heterocycles. The third-order valence-electron chi connectivity index (χ3n) is 2.38. The van der Waals surface area contributed by atoms with Gasteiger partial charge in [0.15, 0.2) is 0 Å². The van der Waals surface area contributed by atoms with E-state index in [9.17, 15) is 14.5 Å². The third-order valence-corrected chi connectivity index (χ3v) is 2.67. The van der Waals surface area contributed by atoms with Gasteiger partial charge < -0.3 is 5.32 Å². The third kappa shape index (κ3) is 2.97. The molecule has 98 valence electrons. The number of halogens is 2. The monoisotopic (exact) mass is 281 g/mol. The van der Waals surface area contributed by atoms with Crippen LogP contribution in [0.4, 0.5) is 21.6 Å². The summed E-state index contributed by atoms with van der Waals surface area (Å²) >= 11 is 5.64. The molecule has 0 bridgehead atoms. The van der Waals surface area contributed by atoms with E-state index < -0.39 is 10.7 Å². The van der Waals surface area contributed by atoms with Gasteiger partial charge >= 0.3 is 5.69 Å². The van der Waals surface area contributed by atoms with Gasteiger partial charge in [0.1, 0.15) is 5.82 Å². The fourth-order valence-electron chi connectivity index (χ4n) is 1.50. The summed E-state index contributed by atoms with van der Waals surface area (Å²) in [7, 11) is 0. The number of benzene rings is 1. The molecular formula is C12H9ClFN3O2. The Morgan fingerprint density at radius 2 is 2.16 bits per heavy atom. The number of hydrogen-bond acceptors (Lipinski definition) is 4. The minimum atomic E-state index is -0.557. The second kappa shape index (κ2) is 5.19. The zero-order valence-corrected chi connectivity index (χ0v) is 10.6. The van der Waals surface area contributed by atoms with Gasteiger partial charge in [0.05, 0.1) is 9.95 Å². The molecule has 19 heavy (non-hydrogen) atoms. The summed E-state index contributed by atoms with van der Waals surface area (Å²) in [5, 5.41) is 13.6. The van der Waals surface area contributed by atoms with Crippen LogP contribution in [0, 0.1) is 22.9 Å². The van der Waals surface area contributed by atoms with Gasteiger partial charge in [-0.25, -0.2) is 9.37 Å². The van der Waals surface area contributed by atoms with E-state index in [0.717, 1.165) is 0 Å². The standard InChI is InChI=1S/C12H9ClFN3O2/c1-7-4-11(17(18)19)12(15-6-7)16-8-2-3-10(14)9(13)5-8/h2-6H,1H3,(H,15,16). The van der Waals surface area contributed by atoms with E-state index in [4.69, 9.17) is 11.6 Å². The minimum absolute atomic E-state index is 0.0697. The molecule has 0 saturated heterocycles. The Kier molecular flexibility index (Phi) is 3.62. The van der Waals surface area contributed by atoms with Gasteiger partial charge in [-0.05, 0) is 30.7 Å². The number of nitrogens with one attached hydrogen (secondary N) is 1.